The van der Waals surface area contributed by atoms with E-state index in [0.717, 1.165) is 21.7 Å². The summed E-state index contributed by atoms with van der Waals surface area (Å²) in [5, 5.41) is 2.82. The highest BCUT2D eigenvalue weighted by Crippen LogP contribution is 2.18. The number of carbonyl (C=O) groups is 2. The normalized spacial score (nSPS) is 12.3. The monoisotopic (exact) mass is 445 g/mol. The molecule has 0 aliphatic heterocycles. The molecule has 2 rings (SSSR count). The predicted octanol–water partition coefficient (Wildman–Crippen LogP) is 2.70. The number of hydrogen-bond acceptors (Lipinski definition) is 4. The number of anilines is 1. The van der Waals surface area contributed by atoms with Crippen molar-refractivity contribution in [3.05, 3.63) is 65.7 Å². The van der Waals surface area contributed by atoms with Crippen LogP contribution in [0.3, 0.4) is 0 Å². The Kier molecular flexibility index (Phi) is 8.21. The summed E-state index contributed by atoms with van der Waals surface area (Å²) >= 11 is 0. The number of sulfonamides is 1. The van der Waals surface area contributed by atoms with Crippen LogP contribution in [-0.2, 0) is 26.2 Å². The third-order valence-corrected chi connectivity index (χ3v) is 5.94. The Morgan fingerprint density at radius 3 is 2.06 bits per heavy atom. The van der Waals surface area contributed by atoms with Gasteiger partial charge in [0.25, 0.3) is 0 Å². The summed E-state index contributed by atoms with van der Waals surface area (Å²) in [5.41, 5.74) is 2.33. The van der Waals surface area contributed by atoms with Crippen molar-refractivity contribution in [2.75, 3.05) is 17.1 Å². The zero-order chi connectivity index (χ0) is 23.2. The Hall–Kier alpha value is -2.87. The molecule has 0 unspecified atom stereocenters. The van der Waals surface area contributed by atoms with E-state index in [1.165, 1.54) is 4.90 Å². The van der Waals surface area contributed by atoms with Gasteiger partial charge in [0.15, 0.2) is 0 Å². The summed E-state index contributed by atoms with van der Waals surface area (Å²) in [6, 6.07) is 15.3. The molecule has 1 N–H and O–H groups in total. The third kappa shape index (κ3) is 7.10. The molecule has 0 aromatic heterocycles. The van der Waals surface area contributed by atoms with Gasteiger partial charge in [-0.3, -0.25) is 13.9 Å². The number of amides is 2. The highest BCUT2D eigenvalue weighted by molar-refractivity contribution is 7.92. The topological polar surface area (TPSA) is 86.8 Å². The molecular weight excluding hydrogens is 414 g/mol. The second kappa shape index (κ2) is 10.4. The van der Waals surface area contributed by atoms with Crippen LogP contribution in [0.25, 0.3) is 0 Å². The molecule has 0 saturated heterocycles. The van der Waals surface area contributed by atoms with Crippen molar-refractivity contribution in [1.29, 1.82) is 0 Å². The summed E-state index contributed by atoms with van der Waals surface area (Å²) in [6.45, 7) is 7.10. The fraction of sp³-hybridized carbons (Fsp3) is 0.391. The van der Waals surface area contributed by atoms with E-state index in [1.807, 2.05) is 45.0 Å². The lowest BCUT2D eigenvalue weighted by atomic mass is 10.1. The Balaban J connectivity index is 2.35. The van der Waals surface area contributed by atoms with E-state index >= 15 is 0 Å². The van der Waals surface area contributed by atoms with Gasteiger partial charge in [0.2, 0.25) is 21.8 Å². The number of para-hydroxylation sites is 1. The smallest absolute Gasteiger partial charge is 0.244 e. The van der Waals surface area contributed by atoms with Gasteiger partial charge in [-0.25, -0.2) is 8.42 Å². The van der Waals surface area contributed by atoms with Gasteiger partial charge in [-0.15, -0.1) is 0 Å². The molecule has 0 aliphatic carbocycles. The first-order valence-electron chi connectivity index (χ1n) is 10.2. The summed E-state index contributed by atoms with van der Waals surface area (Å²) in [4.78, 5) is 27.4. The quantitative estimate of drug-likeness (QED) is 0.643. The van der Waals surface area contributed by atoms with Crippen LogP contribution in [0.5, 0.6) is 0 Å². The molecule has 8 heteroatoms. The highest BCUT2D eigenvalue weighted by Gasteiger charge is 2.30. The SMILES string of the molecule is Cc1ccc(CN(C(=O)CN(c2ccccc2)S(C)(=O)=O)[C@@H](C)C(=O)NC(C)C)cc1. The van der Waals surface area contributed by atoms with Crippen LogP contribution in [0.4, 0.5) is 5.69 Å². The molecule has 0 aliphatic rings. The fourth-order valence-corrected chi connectivity index (χ4v) is 3.94. The lowest BCUT2D eigenvalue weighted by Crippen LogP contribution is -2.52. The van der Waals surface area contributed by atoms with Gasteiger partial charge in [-0.05, 0) is 45.4 Å². The average molecular weight is 446 g/mol. The van der Waals surface area contributed by atoms with Crippen molar-refractivity contribution in [3.8, 4) is 0 Å². The van der Waals surface area contributed by atoms with Crippen molar-refractivity contribution < 1.29 is 18.0 Å². The van der Waals surface area contributed by atoms with Crippen LogP contribution in [0, 0.1) is 6.92 Å². The van der Waals surface area contributed by atoms with Crippen LogP contribution in [-0.4, -0.2) is 50.0 Å². The maximum Gasteiger partial charge on any atom is 0.244 e. The Morgan fingerprint density at radius 2 is 1.55 bits per heavy atom. The van der Waals surface area contributed by atoms with Gasteiger partial charge >= 0.3 is 0 Å². The Morgan fingerprint density at radius 1 is 0.968 bits per heavy atom. The predicted molar refractivity (Wildman–Crippen MR) is 123 cm³/mol. The van der Waals surface area contributed by atoms with Crippen LogP contribution in [0.2, 0.25) is 0 Å². The lowest BCUT2D eigenvalue weighted by molar-refractivity contribution is -0.139. The van der Waals surface area contributed by atoms with Crippen molar-refractivity contribution in [1.82, 2.24) is 10.2 Å². The van der Waals surface area contributed by atoms with E-state index in [-0.39, 0.29) is 18.5 Å². The molecule has 0 radical (unpaired) electrons. The zero-order valence-electron chi connectivity index (χ0n) is 18.7. The molecule has 2 amide bonds. The van der Waals surface area contributed by atoms with E-state index in [0.29, 0.717) is 5.69 Å². The molecular formula is C23H31N3O4S. The number of nitrogens with one attached hydrogen (secondary N) is 1. The first-order chi connectivity index (χ1) is 14.5. The van der Waals surface area contributed by atoms with E-state index in [2.05, 4.69) is 5.32 Å². The van der Waals surface area contributed by atoms with Gasteiger partial charge in [0.05, 0.1) is 11.9 Å². The Labute approximate surface area is 185 Å². The minimum absolute atomic E-state index is 0.0805. The van der Waals surface area contributed by atoms with Gasteiger partial charge in [-0.1, -0.05) is 48.0 Å². The second-order valence-corrected chi connectivity index (χ2v) is 9.86. The minimum atomic E-state index is -3.70. The summed E-state index contributed by atoms with van der Waals surface area (Å²) in [5.74, 6) is -0.748. The van der Waals surface area contributed by atoms with Crippen molar-refractivity contribution in [2.45, 2.75) is 46.3 Å². The van der Waals surface area contributed by atoms with Gasteiger partial charge < -0.3 is 10.2 Å². The molecule has 0 fully saturated rings. The van der Waals surface area contributed by atoms with Crippen LogP contribution in [0.1, 0.15) is 31.9 Å². The molecule has 0 saturated carbocycles. The highest BCUT2D eigenvalue weighted by atomic mass is 32.2. The van der Waals surface area contributed by atoms with Gasteiger partial charge in [0.1, 0.15) is 12.6 Å². The number of rotatable bonds is 9. The van der Waals surface area contributed by atoms with Gasteiger partial charge in [0, 0.05) is 12.6 Å². The maximum atomic E-state index is 13.3. The summed E-state index contributed by atoms with van der Waals surface area (Å²) in [7, 11) is -3.70. The molecule has 0 bridgehead atoms. The standard InChI is InChI=1S/C23H31N3O4S/c1-17(2)24-23(28)19(4)25(15-20-13-11-18(3)12-14-20)22(27)16-26(31(5,29)30)21-9-7-6-8-10-21/h6-14,17,19H,15-16H2,1-5H3,(H,24,28)/t19-/m0/s1. The van der Waals surface area contributed by atoms with Crippen molar-refractivity contribution >= 4 is 27.5 Å². The molecule has 7 nitrogen and oxygen atoms in total. The molecule has 168 valence electrons. The molecule has 0 heterocycles. The van der Waals surface area contributed by atoms with Crippen molar-refractivity contribution in [2.24, 2.45) is 0 Å². The van der Waals surface area contributed by atoms with Gasteiger partial charge in [-0.2, -0.15) is 0 Å². The average Bonchev–Trinajstić information content (AvgIpc) is 2.70. The molecule has 0 spiro atoms. The number of aryl methyl sites for hydroxylation is 1. The number of carbonyl (C=O) groups excluding carboxylic acids is 2. The van der Waals surface area contributed by atoms with Crippen molar-refractivity contribution in [3.63, 3.8) is 0 Å². The van der Waals surface area contributed by atoms with Crippen LogP contribution < -0.4 is 9.62 Å². The number of benzene rings is 2. The molecule has 2 aromatic rings. The van der Waals surface area contributed by atoms with Crippen LogP contribution in [0.15, 0.2) is 54.6 Å². The summed E-state index contributed by atoms with van der Waals surface area (Å²) < 4.78 is 25.9. The lowest BCUT2D eigenvalue weighted by Gasteiger charge is -2.31. The largest absolute Gasteiger partial charge is 0.352 e. The minimum Gasteiger partial charge on any atom is -0.352 e. The number of hydrogen-bond donors (Lipinski definition) is 1. The third-order valence-electron chi connectivity index (χ3n) is 4.80. The zero-order valence-corrected chi connectivity index (χ0v) is 19.5. The van der Waals surface area contributed by atoms with E-state index < -0.39 is 28.5 Å². The van der Waals surface area contributed by atoms with E-state index in [9.17, 15) is 18.0 Å². The maximum absolute atomic E-state index is 13.3. The molecule has 2 aromatic carbocycles. The molecule has 31 heavy (non-hydrogen) atoms. The first kappa shape index (κ1) is 24.4. The number of nitrogens with zero attached hydrogens (tertiary/aromatic N) is 2. The summed E-state index contributed by atoms with van der Waals surface area (Å²) in [6.07, 6.45) is 1.06. The van der Waals surface area contributed by atoms with Crippen LogP contribution >= 0.6 is 0 Å². The first-order valence-corrected chi connectivity index (χ1v) is 12.0. The Bertz CT molecular complexity index is 989. The molecule has 1 atom stereocenters. The second-order valence-electron chi connectivity index (χ2n) is 7.95. The van der Waals surface area contributed by atoms with E-state index in [1.54, 1.807) is 37.3 Å². The van der Waals surface area contributed by atoms with E-state index in [4.69, 9.17) is 0 Å². The fourth-order valence-electron chi connectivity index (χ4n) is 3.09.